The van der Waals surface area contributed by atoms with Gasteiger partial charge in [0.2, 0.25) is 0 Å². The van der Waals surface area contributed by atoms with Crippen LogP contribution in [0.15, 0.2) is 24.5 Å². The first-order valence-electron chi connectivity index (χ1n) is 10.8. The van der Waals surface area contributed by atoms with E-state index < -0.39 is 6.09 Å². The summed E-state index contributed by atoms with van der Waals surface area (Å²) >= 11 is 0. The predicted octanol–water partition coefficient (Wildman–Crippen LogP) is 3.74. The zero-order valence-corrected chi connectivity index (χ0v) is 16.9. The molecular formula is C22H30N4O3. The van der Waals surface area contributed by atoms with Crippen LogP contribution >= 0.6 is 0 Å². The van der Waals surface area contributed by atoms with E-state index in [1.54, 1.807) is 6.33 Å². The molecule has 0 saturated carbocycles. The summed E-state index contributed by atoms with van der Waals surface area (Å²) in [4.78, 5) is 24.1. The summed E-state index contributed by atoms with van der Waals surface area (Å²) in [5, 5.41) is 10.2. The largest absolute Gasteiger partial charge is 0.493 e. The Kier molecular flexibility index (Phi) is 6.44. The number of hydrogen-bond acceptors (Lipinski definition) is 5. The molecule has 7 nitrogen and oxygen atoms in total. The van der Waals surface area contributed by atoms with Crippen molar-refractivity contribution in [1.82, 2.24) is 19.8 Å². The molecule has 2 fully saturated rings. The molecule has 156 valence electrons. The Morgan fingerprint density at radius 3 is 2.66 bits per heavy atom. The van der Waals surface area contributed by atoms with Crippen molar-refractivity contribution in [2.45, 2.75) is 44.4 Å². The van der Waals surface area contributed by atoms with Crippen molar-refractivity contribution in [2.24, 2.45) is 0 Å². The molecule has 0 bridgehead atoms. The first kappa shape index (κ1) is 19.9. The van der Waals surface area contributed by atoms with Crippen molar-refractivity contribution >= 4 is 17.0 Å². The van der Waals surface area contributed by atoms with Gasteiger partial charge in [-0.05, 0) is 57.3 Å². The van der Waals surface area contributed by atoms with E-state index in [1.165, 1.54) is 37.3 Å². The normalized spacial score (nSPS) is 18.8. The quantitative estimate of drug-likeness (QED) is 0.747. The van der Waals surface area contributed by atoms with Gasteiger partial charge in [-0.3, -0.25) is 0 Å². The first-order chi connectivity index (χ1) is 14.2. The lowest BCUT2D eigenvalue weighted by atomic mass is 9.91. The topological polar surface area (TPSA) is 78.8 Å². The van der Waals surface area contributed by atoms with Gasteiger partial charge in [0.1, 0.15) is 12.1 Å². The Balaban J connectivity index is 1.35. The molecule has 4 rings (SSSR count). The Hall–Kier alpha value is -2.41. The van der Waals surface area contributed by atoms with Crippen LogP contribution < -0.4 is 4.74 Å². The molecule has 2 saturated heterocycles. The molecule has 2 aliphatic rings. The minimum Gasteiger partial charge on any atom is -0.493 e. The number of fused-ring (bicyclic) bond motifs is 1. The average Bonchev–Trinajstić information content (AvgIpc) is 2.77. The zero-order valence-electron chi connectivity index (χ0n) is 16.9. The van der Waals surface area contributed by atoms with Crippen molar-refractivity contribution < 1.29 is 14.6 Å². The molecular weight excluding hydrogens is 368 g/mol. The third kappa shape index (κ3) is 4.96. The Morgan fingerprint density at radius 1 is 1.10 bits per heavy atom. The van der Waals surface area contributed by atoms with E-state index in [2.05, 4.69) is 14.9 Å². The van der Waals surface area contributed by atoms with Crippen molar-refractivity contribution in [2.75, 3.05) is 39.3 Å². The van der Waals surface area contributed by atoms with E-state index in [9.17, 15) is 4.79 Å². The van der Waals surface area contributed by atoms with Gasteiger partial charge in [0.15, 0.2) is 0 Å². The second-order valence-corrected chi connectivity index (χ2v) is 8.09. The van der Waals surface area contributed by atoms with Crippen molar-refractivity contribution in [3.05, 3.63) is 30.2 Å². The van der Waals surface area contributed by atoms with Crippen LogP contribution in [0.1, 0.15) is 50.1 Å². The van der Waals surface area contributed by atoms with Gasteiger partial charge < -0.3 is 19.6 Å². The molecule has 2 aliphatic heterocycles. The molecule has 7 heteroatoms. The highest BCUT2D eigenvalue weighted by Crippen LogP contribution is 2.32. The van der Waals surface area contributed by atoms with Crippen LogP contribution in [0.4, 0.5) is 4.79 Å². The predicted molar refractivity (Wildman–Crippen MR) is 112 cm³/mol. The van der Waals surface area contributed by atoms with Crippen molar-refractivity contribution in [3.63, 3.8) is 0 Å². The molecule has 0 radical (unpaired) electrons. The van der Waals surface area contributed by atoms with Gasteiger partial charge in [-0.15, -0.1) is 0 Å². The fourth-order valence-electron chi connectivity index (χ4n) is 4.48. The number of benzene rings is 1. The van der Waals surface area contributed by atoms with Crippen LogP contribution in [0, 0.1) is 0 Å². The number of amides is 1. The number of piperidine rings is 2. The van der Waals surface area contributed by atoms with E-state index in [4.69, 9.17) is 9.84 Å². The third-order valence-corrected chi connectivity index (χ3v) is 6.13. The minimum absolute atomic E-state index is 0.271. The highest BCUT2D eigenvalue weighted by Gasteiger charge is 2.25. The molecule has 3 heterocycles. The summed E-state index contributed by atoms with van der Waals surface area (Å²) in [7, 11) is 0. The number of nitrogens with zero attached hydrogens (tertiary/aromatic N) is 4. The lowest BCUT2D eigenvalue weighted by Crippen LogP contribution is -2.37. The molecule has 0 aliphatic carbocycles. The van der Waals surface area contributed by atoms with Gasteiger partial charge >= 0.3 is 6.09 Å². The maximum atomic E-state index is 11.1. The van der Waals surface area contributed by atoms with Gasteiger partial charge in [-0.25, -0.2) is 14.8 Å². The first-order valence-corrected chi connectivity index (χ1v) is 10.8. The number of hydrogen-bond donors (Lipinski definition) is 1. The average molecular weight is 399 g/mol. The fraction of sp³-hybridized carbons (Fsp3) is 0.591. The third-order valence-electron chi connectivity index (χ3n) is 6.13. The SMILES string of the molecule is O=C(O)N1CCC(c2ncnc3cc(OCCCN4CCCCC4)ccc23)CC1. The molecule has 1 aromatic carbocycles. The fourth-order valence-corrected chi connectivity index (χ4v) is 4.48. The van der Waals surface area contributed by atoms with E-state index in [1.807, 2.05) is 18.2 Å². The number of ether oxygens (including phenoxy) is 1. The maximum Gasteiger partial charge on any atom is 0.407 e. The lowest BCUT2D eigenvalue weighted by Gasteiger charge is -2.30. The van der Waals surface area contributed by atoms with Crippen LogP contribution in [0.3, 0.4) is 0 Å². The molecule has 29 heavy (non-hydrogen) atoms. The van der Waals surface area contributed by atoms with E-state index in [0.29, 0.717) is 19.7 Å². The zero-order chi connectivity index (χ0) is 20.1. The van der Waals surface area contributed by atoms with E-state index >= 15 is 0 Å². The number of carboxylic acid groups (broad SMARTS) is 1. The van der Waals surface area contributed by atoms with Crippen LogP contribution in [0.25, 0.3) is 10.9 Å². The summed E-state index contributed by atoms with van der Waals surface area (Å²) in [5.74, 6) is 1.12. The van der Waals surface area contributed by atoms with Gasteiger partial charge in [0.05, 0.1) is 17.8 Å². The summed E-state index contributed by atoms with van der Waals surface area (Å²) in [5.41, 5.74) is 1.92. The Labute approximate surface area is 171 Å². The lowest BCUT2D eigenvalue weighted by molar-refractivity contribution is 0.132. The summed E-state index contributed by atoms with van der Waals surface area (Å²) < 4.78 is 5.97. The van der Waals surface area contributed by atoms with Gasteiger partial charge in [0, 0.05) is 37.0 Å². The maximum absolute atomic E-state index is 11.1. The number of aromatic nitrogens is 2. The molecule has 2 aromatic rings. The molecule has 0 unspecified atom stereocenters. The Bertz CT molecular complexity index is 830. The molecule has 1 N–H and O–H groups in total. The highest BCUT2D eigenvalue weighted by atomic mass is 16.5. The smallest absolute Gasteiger partial charge is 0.407 e. The van der Waals surface area contributed by atoms with E-state index in [0.717, 1.165) is 48.2 Å². The van der Waals surface area contributed by atoms with Crippen molar-refractivity contribution in [1.29, 1.82) is 0 Å². The molecule has 1 aromatic heterocycles. The van der Waals surface area contributed by atoms with Crippen LogP contribution in [0.5, 0.6) is 5.75 Å². The second-order valence-electron chi connectivity index (χ2n) is 8.09. The number of carbonyl (C=O) groups is 1. The summed E-state index contributed by atoms with van der Waals surface area (Å²) in [6.45, 7) is 5.39. The van der Waals surface area contributed by atoms with E-state index in [-0.39, 0.29) is 5.92 Å². The summed E-state index contributed by atoms with van der Waals surface area (Å²) in [6, 6.07) is 6.05. The molecule has 1 amide bonds. The monoisotopic (exact) mass is 398 g/mol. The van der Waals surface area contributed by atoms with Gasteiger partial charge in [-0.2, -0.15) is 0 Å². The Morgan fingerprint density at radius 2 is 1.90 bits per heavy atom. The number of likely N-dealkylation sites (tertiary alicyclic amines) is 2. The summed E-state index contributed by atoms with van der Waals surface area (Å²) in [6.07, 6.45) is 7.42. The van der Waals surface area contributed by atoms with Gasteiger partial charge in [0.25, 0.3) is 0 Å². The van der Waals surface area contributed by atoms with Crippen LogP contribution in [-0.2, 0) is 0 Å². The minimum atomic E-state index is -0.835. The van der Waals surface area contributed by atoms with Crippen LogP contribution in [-0.4, -0.2) is 70.3 Å². The van der Waals surface area contributed by atoms with Gasteiger partial charge in [-0.1, -0.05) is 6.42 Å². The molecule has 0 atom stereocenters. The second kappa shape index (κ2) is 9.39. The highest BCUT2D eigenvalue weighted by molar-refractivity contribution is 5.82. The van der Waals surface area contributed by atoms with Crippen molar-refractivity contribution in [3.8, 4) is 5.75 Å². The molecule has 0 spiro atoms. The number of rotatable bonds is 6. The van der Waals surface area contributed by atoms with Crippen LogP contribution in [0.2, 0.25) is 0 Å². The standard InChI is InChI=1S/C22H30N4O3/c27-22(28)26-12-7-17(8-13-26)21-19-6-5-18(15-20(19)23-16-24-21)29-14-4-11-25-9-2-1-3-10-25/h5-6,15-17H,1-4,7-14H2,(H,27,28).